The van der Waals surface area contributed by atoms with Crippen LogP contribution in [0.1, 0.15) is 12.7 Å². The third-order valence-corrected chi connectivity index (χ3v) is 4.99. The maximum absolute atomic E-state index is 12.2. The normalized spacial score (nSPS) is 15.7. The number of carbonyl (C=O) groups is 1. The van der Waals surface area contributed by atoms with Crippen LogP contribution in [0.5, 0.6) is 5.75 Å². The Morgan fingerprint density at radius 1 is 1.33 bits per heavy atom. The fourth-order valence-corrected chi connectivity index (χ4v) is 3.03. The molecule has 0 unspecified atom stereocenters. The van der Waals surface area contributed by atoms with Gasteiger partial charge >= 0.3 is 16.2 Å². The lowest BCUT2D eigenvalue weighted by Gasteiger charge is -2.18. The summed E-state index contributed by atoms with van der Waals surface area (Å²) in [5.41, 5.74) is 0.733. The van der Waals surface area contributed by atoms with Gasteiger partial charge in [0.1, 0.15) is 5.75 Å². The summed E-state index contributed by atoms with van der Waals surface area (Å²) in [6.07, 6.45) is 1.15. The molecule has 0 bridgehead atoms. The number of hydrogen-bond donors (Lipinski definition) is 0. The number of benzene rings is 1. The highest BCUT2D eigenvalue weighted by Gasteiger charge is 2.26. The molecule has 0 N–H and O–H groups in total. The van der Waals surface area contributed by atoms with E-state index in [1.807, 2.05) is 0 Å². The minimum absolute atomic E-state index is 0.0313. The summed E-state index contributed by atoms with van der Waals surface area (Å²) in [7, 11) is -0.967. The van der Waals surface area contributed by atoms with Gasteiger partial charge in [0.15, 0.2) is 6.61 Å². The van der Waals surface area contributed by atoms with Gasteiger partial charge in [-0.05, 0) is 25.1 Å². The smallest absolute Gasteiger partial charge is 0.344 e. The van der Waals surface area contributed by atoms with Crippen molar-refractivity contribution < 1.29 is 27.2 Å². The highest BCUT2D eigenvalue weighted by Crippen LogP contribution is 2.22. The van der Waals surface area contributed by atoms with Gasteiger partial charge in [-0.2, -0.15) is 13.4 Å². The molecule has 3 rings (SSSR count). The predicted octanol–water partition coefficient (Wildman–Crippen LogP) is 1.32. The zero-order valence-corrected chi connectivity index (χ0v) is 15.6. The second-order valence-electron chi connectivity index (χ2n) is 5.54. The number of nitrogens with zero attached hydrogens (tertiary/aromatic N) is 4. The zero-order chi connectivity index (χ0) is 19.6. The van der Waals surface area contributed by atoms with Gasteiger partial charge in [0, 0.05) is 18.8 Å². The third kappa shape index (κ3) is 3.97. The summed E-state index contributed by atoms with van der Waals surface area (Å²) in [4.78, 5) is 16.4. The van der Waals surface area contributed by atoms with E-state index in [2.05, 4.69) is 14.5 Å². The van der Waals surface area contributed by atoms with Crippen LogP contribution in [0.3, 0.4) is 0 Å². The summed E-state index contributed by atoms with van der Waals surface area (Å²) in [5.74, 6) is 0.302. The van der Waals surface area contributed by atoms with Crippen molar-refractivity contribution in [1.29, 1.82) is 0 Å². The molecule has 11 heteroatoms. The van der Waals surface area contributed by atoms with E-state index in [0.29, 0.717) is 11.3 Å². The molecule has 0 spiro atoms. The Morgan fingerprint density at radius 3 is 2.85 bits per heavy atom. The van der Waals surface area contributed by atoms with E-state index in [4.69, 9.17) is 14.0 Å². The molecule has 2 heterocycles. The van der Waals surface area contributed by atoms with E-state index in [1.165, 1.54) is 14.0 Å². The minimum Gasteiger partial charge on any atom is -0.497 e. The van der Waals surface area contributed by atoms with Crippen LogP contribution in [-0.2, 0) is 26.3 Å². The van der Waals surface area contributed by atoms with Gasteiger partial charge in [0.25, 0.3) is 5.89 Å². The van der Waals surface area contributed by atoms with Crippen molar-refractivity contribution in [3.63, 3.8) is 0 Å². The molecule has 0 saturated heterocycles. The summed E-state index contributed by atoms with van der Waals surface area (Å²) in [6, 6.07) is 7.06. The number of hydrogen-bond acceptors (Lipinski definition) is 8. The van der Waals surface area contributed by atoms with Crippen molar-refractivity contribution in [1.82, 2.24) is 14.4 Å². The van der Waals surface area contributed by atoms with E-state index in [-0.39, 0.29) is 29.6 Å². The fraction of sp³-hybridized carbons (Fsp3) is 0.250. The quantitative estimate of drug-likeness (QED) is 0.698. The van der Waals surface area contributed by atoms with Crippen LogP contribution in [0.15, 0.2) is 45.0 Å². The van der Waals surface area contributed by atoms with Crippen molar-refractivity contribution in [2.45, 2.75) is 13.5 Å². The second kappa shape index (κ2) is 7.19. The molecule has 142 valence electrons. The van der Waals surface area contributed by atoms with Gasteiger partial charge in [0.05, 0.1) is 18.4 Å². The van der Waals surface area contributed by atoms with Gasteiger partial charge in [0.2, 0.25) is 5.82 Å². The van der Waals surface area contributed by atoms with E-state index in [1.54, 1.807) is 31.4 Å². The van der Waals surface area contributed by atoms with E-state index < -0.39 is 16.2 Å². The number of carbonyl (C=O) groups excluding carboxylic acids is 1. The van der Waals surface area contributed by atoms with Crippen molar-refractivity contribution >= 4 is 21.9 Å². The van der Waals surface area contributed by atoms with Crippen LogP contribution in [0, 0.1) is 0 Å². The largest absolute Gasteiger partial charge is 0.497 e. The van der Waals surface area contributed by atoms with Gasteiger partial charge < -0.3 is 14.0 Å². The molecule has 1 aliphatic rings. The van der Waals surface area contributed by atoms with Crippen LogP contribution in [0.25, 0.3) is 11.5 Å². The molecule has 2 aromatic rings. The number of aromatic nitrogens is 2. The Labute approximate surface area is 155 Å². The Hall–Kier alpha value is -3.21. The lowest BCUT2D eigenvalue weighted by atomic mass is 10.2. The van der Waals surface area contributed by atoms with Gasteiger partial charge in [-0.15, -0.1) is 4.40 Å². The summed E-state index contributed by atoms with van der Waals surface area (Å²) in [5, 5.41) is 3.76. The zero-order valence-electron chi connectivity index (χ0n) is 14.7. The molecule has 0 saturated carbocycles. The van der Waals surface area contributed by atoms with E-state index in [0.717, 1.165) is 10.5 Å². The average molecular weight is 392 g/mol. The van der Waals surface area contributed by atoms with Crippen LogP contribution >= 0.6 is 0 Å². The lowest BCUT2D eigenvalue weighted by molar-refractivity contribution is -0.140. The first-order chi connectivity index (χ1) is 12.8. The Morgan fingerprint density at radius 2 is 2.11 bits per heavy atom. The molecule has 0 radical (unpaired) electrons. The van der Waals surface area contributed by atoms with Crippen LogP contribution in [-0.4, -0.2) is 48.7 Å². The van der Waals surface area contributed by atoms with E-state index in [9.17, 15) is 13.2 Å². The molecule has 0 fully saturated rings. The molecule has 0 aliphatic carbocycles. The first kappa shape index (κ1) is 18.6. The Bertz CT molecular complexity index is 1040. The first-order valence-electron chi connectivity index (χ1n) is 7.71. The molecule has 0 atom stereocenters. The molecular weight excluding hydrogens is 376 g/mol. The van der Waals surface area contributed by atoms with Crippen LogP contribution in [0.4, 0.5) is 0 Å². The number of methoxy groups -OCH3 is 1. The van der Waals surface area contributed by atoms with E-state index >= 15 is 0 Å². The van der Waals surface area contributed by atoms with Crippen molar-refractivity contribution in [2.75, 3.05) is 14.2 Å². The molecule has 27 heavy (non-hydrogen) atoms. The maximum Gasteiger partial charge on any atom is 0.344 e. The van der Waals surface area contributed by atoms with Gasteiger partial charge in [-0.1, -0.05) is 11.2 Å². The monoisotopic (exact) mass is 392 g/mol. The van der Waals surface area contributed by atoms with Crippen LogP contribution in [0.2, 0.25) is 0 Å². The molecule has 10 nitrogen and oxygen atoms in total. The molecule has 1 aromatic carbocycles. The number of rotatable bonds is 5. The highest BCUT2D eigenvalue weighted by molar-refractivity contribution is 7.88. The Balaban J connectivity index is 1.68. The standard InChI is InChI=1S/C16H16N4O6S/c1-10-13(8-20(2)27(22,23)19-10)16(21)25-9-14-17-15(26-18-14)11-5-4-6-12(7-11)24-3/h4-8H,9H2,1-3H3. The average Bonchev–Trinajstić information content (AvgIpc) is 3.11. The summed E-state index contributed by atoms with van der Waals surface area (Å²) in [6.45, 7) is 1.17. The lowest BCUT2D eigenvalue weighted by Crippen LogP contribution is -2.29. The highest BCUT2D eigenvalue weighted by atomic mass is 32.2. The molecule has 0 amide bonds. The number of esters is 1. The molecular formula is C16H16N4O6S. The summed E-state index contributed by atoms with van der Waals surface area (Å²) >= 11 is 0. The molecule has 1 aliphatic heterocycles. The van der Waals surface area contributed by atoms with Crippen molar-refractivity contribution in [2.24, 2.45) is 4.40 Å². The van der Waals surface area contributed by atoms with Gasteiger partial charge in [-0.25, -0.2) is 4.79 Å². The third-order valence-electron chi connectivity index (χ3n) is 3.65. The Kier molecular flexibility index (Phi) is 4.95. The first-order valence-corrected chi connectivity index (χ1v) is 9.10. The van der Waals surface area contributed by atoms with Crippen molar-refractivity contribution in [3.8, 4) is 17.2 Å². The number of ether oxygens (including phenoxy) is 2. The van der Waals surface area contributed by atoms with Crippen molar-refractivity contribution in [3.05, 3.63) is 41.9 Å². The molecule has 1 aromatic heterocycles. The van der Waals surface area contributed by atoms with Crippen LogP contribution < -0.4 is 4.74 Å². The SMILES string of the molecule is COc1cccc(-c2nc(COC(=O)C3=CN(C)S(=O)(=O)N=C3C)no2)c1. The second-order valence-corrected chi connectivity index (χ2v) is 7.19. The minimum atomic E-state index is -3.79. The summed E-state index contributed by atoms with van der Waals surface area (Å²) < 4.78 is 43.0. The predicted molar refractivity (Wildman–Crippen MR) is 94.0 cm³/mol. The fourth-order valence-electron chi connectivity index (χ4n) is 2.22. The van der Waals surface area contributed by atoms with Gasteiger partial charge in [-0.3, -0.25) is 4.31 Å². The topological polar surface area (TPSA) is 124 Å². The maximum atomic E-state index is 12.2.